The Bertz CT molecular complexity index is 641. The highest BCUT2D eigenvalue weighted by atomic mass is 79.9. The first-order chi connectivity index (χ1) is 8.97. The van der Waals surface area contributed by atoms with E-state index in [1.54, 1.807) is 0 Å². The summed E-state index contributed by atoms with van der Waals surface area (Å²) >= 11 is 3.13. The molecule has 0 aliphatic rings. The summed E-state index contributed by atoms with van der Waals surface area (Å²) in [5, 5.41) is 9.02. The number of rotatable bonds is 3. The quantitative estimate of drug-likeness (QED) is 0.943. The van der Waals surface area contributed by atoms with E-state index in [0.29, 0.717) is 16.7 Å². The molecule has 0 fully saturated rings. The van der Waals surface area contributed by atoms with Crippen molar-refractivity contribution in [1.29, 1.82) is 0 Å². The number of carbonyl (C=O) groups is 1. The van der Waals surface area contributed by atoms with E-state index >= 15 is 0 Å². The lowest BCUT2D eigenvalue weighted by Crippen LogP contribution is -2.07. The van der Waals surface area contributed by atoms with Crippen LogP contribution in [0.4, 0.5) is 0 Å². The maximum absolute atomic E-state index is 11.0. The molecule has 0 atom stereocenters. The Kier molecular flexibility index (Phi) is 3.95. The molecule has 98 valence electrons. The summed E-state index contributed by atoms with van der Waals surface area (Å²) in [6.07, 6.45) is 2.00. The minimum atomic E-state index is -1.06. The Balaban J connectivity index is 2.30. The summed E-state index contributed by atoms with van der Waals surface area (Å²) in [7, 11) is 0. The summed E-state index contributed by atoms with van der Waals surface area (Å²) in [5.74, 6) is -0.556. The number of aryl methyl sites for hydroxylation is 2. The fraction of sp³-hybridized carbons (Fsp3) is 0.214. The van der Waals surface area contributed by atoms with Crippen molar-refractivity contribution in [3.8, 4) is 0 Å². The van der Waals surface area contributed by atoms with Crippen LogP contribution in [0.15, 0.2) is 28.9 Å². The summed E-state index contributed by atoms with van der Waals surface area (Å²) in [6.45, 7) is 4.10. The molecule has 0 aliphatic heterocycles. The number of hydrogen-bond acceptors (Lipinski definition) is 3. The third kappa shape index (κ3) is 3.17. The maximum Gasteiger partial charge on any atom is 0.355 e. The summed E-state index contributed by atoms with van der Waals surface area (Å²) in [4.78, 5) is 19.2. The van der Waals surface area contributed by atoms with Gasteiger partial charge in [0.2, 0.25) is 0 Å². The van der Waals surface area contributed by atoms with Crippen LogP contribution in [-0.4, -0.2) is 21.0 Å². The van der Waals surface area contributed by atoms with Crippen molar-refractivity contribution < 1.29 is 9.90 Å². The Morgan fingerprint density at radius 2 is 2.05 bits per heavy atom. The van der Waals surface area contributed by atoms with Gasteiger partial charge < -0.3 is 5.11 Å². The van der Waals surface area contributed by atoms with Crippen LogP contribution in [0.3, 0.4) is 0 Å². The van der Waals surface area contributed by atoms with E-state index < -0.39 is 5.97 Å². The second-order valence-corrected chi connectivity index (χ2v) is 5.24. The monoisotopic (exact) mass is 320 g/mol. The maximum atomic E-state index is 11.0. The number of halogens is 1. The van der Waals surface area contributed by atoms with Crippen LogP contribution in [0.5, 0.6) is 0 Å². The first-order valence-corrected chi connectivity index (χ1v) is 6.57. The van der Waals surface area contributed by atoms with Gasteiger partial charge in [0.05, 0.1) is 4.47 Å². The van der Waals surface area contributed by atoms with Crippen LogP contribution >= 0.6 is 15.9 Å². The minimum absolute atomic E-state index is 0.00571. The lowest BCUT2D eigenvalue weighted by molar-refractivity contribution is 0.0688. The molecule has 0 spiro atoms. The van der Waals surface area contributed by atoms with Gasteiger partial charge in [0, 0.05) is 12.6 Å². The third-order valence-electron chi connectivity index (χ3n) is 2.93. The van der Waals surface area contributed by atoms with Gasteiger partial charge in [0.25, 0.3) is 0 Å². The van der Waals surface area contributed by atoms with Crippen molar-refractivity contribution in [1.82, 2.24) is 9.97 Å². The molecule has 1 N–H and O–H groups in total. The number of carboxylic acids is 1. The summed E-state index contributed by atoms with van der Waals surface area (Å²) in [6, 6.07) is 6.12. The number of benzene rings is 1. The average Bonchev–Trinajstić information content (AvgIpc) is 2.36. The predicted octanol–water partition coefficient (Wildman–Crippen LogP) is 3.14. The lowest BCUT2D eigenvalue weighted by atomic mass is 10.0. The second kappa shape index (κ2) is 5.48. The molecule has 0 radical (unpaired) electrons. The molecule has 2 rings (SSSR count). The normalized spacial score (nSPS) is 10.5. The van der Waals surface area contributed by atoms with Crippen molar-refractivity contribution in [2.45, 2.75) is 20.3 Å². The van der Waals surface area contributed by atoms with Crippen LogP contribution in [0.2, 0.25) is 0 Å². The van der Waals surface area contributed by atoms with Crippen LogP contribution in [-0.2, 0) is 6.42 Å². The van der Waals surface area contributed by atoms with E-state index in [1.165, 1.54) is 17.3 Å². The minimum Gasteiger partial charge on any atom is -0.476 e. The van der Waals surface area contributed by atoms with Gasteiger partial charge >= 0.3 is 5.97 Å². The highest BCUT2D eigenvalue weighted by Gasteiger charge is 2.12. The van der Waals surface area contributed by atoms with E-state index in [4.69, 9.17) is 5.11 Å². The van der Waals surface area contributed by atoms with Gasteiger partial charge in [-0.15, -0.1) is 0 Å². The molecule has 0 saturated heterocycles. The third-order valence-corrected chi connectivity index (χ3v) is 3.51. The lowest BCUT2D eigenvalue weighted by Gasteiger charge is -2.06. The van der Waals surface area contributed by atoms with E-state index in [1.807, 2.05) is 19.1 Å². The standard InChI is InChI=1S/C14H13BrN2O2/c1-8-3-4-10(5-9(8)2)6-12-16-7-11(15)13(17-12)14(18)19/h3-5,7H,6H2,1-2H3,(H,18,19). The molecule has 0 saturated carbocycles. The molecule has 19 heavy (non-hydrogen) atoms. The number of aromatic nitrogens is 2. The molecule has 4 nitrogen and oxygen atoms in total. The first-order valence-electron chi connectivity index (χ1n) is 5.78. The Labute approximate surface area is 119 Å². The predicted molar refractivity (Wildman–Crippen MR) is 75.4 cm³/mol. The average molecular weight is 321 g/mol. The van der Waals surface area contributed by atoms with E-state index in [2.05, 4.69) is 38.9 Å². The number of carboxylic acid groups (broad SMARTS) is 1. The largest absolute Gasteiger partial charge is 0.476 e. The zero-order valence-corrected chi connectivity index (χ0v) is 12.2. The van der Waals surface area contributed by atoms with Crippen molar-refractivity contribution in [3.63, 3.8) is 0 Å². The molecular formula is C14H13BrN2O2. The zero-order valence-electron chi connectivity index (χ0n) is 10.6. The van der Waals surface area contributed by atoms with Gasteiger partial charge in [0.1, 0.15) is 5.82 Å². The number of aromatic carboxylic acids is 1. The summed E-state index contributed by atoms with van der Waals surface area (Å²) < 4.78 is 0.392. The molecule has 1 heterocycles. The molecular weight excluding hydrogens is 308 g/mol. The molecule has 0 unspecified atom stereocenters. The Morgan fingerprint density at radius 1 is 1.32 bits per heavy atom. The van der Waals surface area contributed by atoms with Crippen molar-refractivity contribution >= 4 is 21.9 Å². The van der Waals surface area contributed by atoms with Crippen LogP contribution in [0, 0.1) is 13.8 Å². The smallest absolute Gasteiger partial charge is 0.355 e. The van der Waals surface area contributed by atoms with Crippen molar-refractivity contribution in [3.05, 3.63) is 57.1 Å². The summed E-state index contributed by atoms with van der Waals surface area (Å²) in [5.41, 5.74) is 3.50. The molecule has 0 aliphatic carbocycles. The highest BCUT2D eigenvalue weighted by molar-refractivity contribution is 9.10. The van der Waals surface area contributed by atoms with Crippen LogP contribution in [0.25, 0.3) is 0 Å². The number of nitrogens with zero attached hydrogens (tertiary/aromatic N) is 2. The van der Waals surface area contributed by atoms with Crippen molar-refractivity contribution in [2.24, 2.45) is 0 Å². The molecule has 1 aromatic carbocycles. The topological polar surface area (TPSA) is 63.1 Å². The fourth-order valence-electron chi connectivity index (χ4n) is 1.73. The molecule has 5 heteroatoms. The second-order valence-electron chi connectivity index (χ2n) is 4.38. The van der Waals surface area contributed by atoms with E-state index in [-0.39, 0.29) is 5.69 Å². The van der Waals surface area contributed by atoms with Crippen molar-refractivity contribution in [2.75, 3.05) is 0 Å². The van der Waals surface area contributed by atoms with Crippen LogP contribution in [0.1, 0.15) is 33.0 Å². The molecule has 0 bridgehead atoms. The van der Waals surface area contributed by atoms with Gasteiger partial charge in [-0.1, -0.05) is 18.2 Å². The van der Waals surface area contributed by atoms with Gasteiger partial charge in [-0.25, -0.2) is 14.8 Å². The fourth-order valence-corrected chi connectivity index (χ4v) is 2.10. The van der Waals surface area contributed by atoms with E-state index in [9.17, 15) is 4.79 Å². The molecule has 0 amide bonds. The highest BCUT2D eigenvalue weighted by Crippen LogP contribution is 2.16. The van der Waals surface area contributed by atoms with Gasteiger partial charge in [-0.05, 0) is 46.5 Å². The first kappa shape index (κ1) is 13.7. The molecule has 1 aromatic heterocycles. The van der Waals surface area contributed by atoms with Gasteiger partial charge in [0.15, 0.2) is 5.69 Å². The van der Waals surface area contributed by atoms with E-state index in [0.717, 1.165) is 5.56 Å². The van der Waals surface area contributed by atoms with Gasteiger partial charge in [-0.3, -0.25) is 0 Å². The number of hydrogen-bond donors (Lipinski definition) is 1. The SMILES string of the molecule is Cc1ccc(Cc2ncc(Br)c(C(=O)O)n2)cc1C. The molecule has 2 aromatic rings. The van der Waals surface area contributed by atoms with Crippen LogP contribution < -0.4 is 0 Å². The Hall–Kier alpha value is -1.75. The van der Waals surface area contributed by atoms with Gasteiger partial charge in [-0.2, -0.15) is 0 Å². The zero-order chi connectivity index (χ0) is 14.0. The Morgan fingerprint density at radius 3 is 2.68 bits per heavy atom.